The average molecular weight is 563 g/mol. The van der Waals surface area contributed by atoms with E-state index in [0.717, 1.165) is 18.4 Å². The van der Waals surface area contributed by atoms with Gasteiger partial charge in [0.1, 0.15) is 16.2 Å². The molecule has 39 heavy (non-hydrogen) atoms. The molecule has 6 rings (SSSR count). The SMILES string of the molecule is Cc1ccc(S(=O)(=O)c2c(NS(=O)(=O)c3ccccc3)n(C[C@@H]3CCCO3)c3nc4ccccc4nc23)cc1. The van der Waals surface area contributed by atoms with Crippen LogP contribution in [0.5, 0.6) is 0 Å². The zero-order valence-corrected chi connectivity index (χ0v) is 22.7. The van der Waals surface area contributed by atoms with Crippen molar-refractivity contribution >= 4 is 47.9 Å². The monoisotopic (exact) mass is 562 g/mol. The minimum atomic E-state index is -4.24. The molecule has 0 bridgehead atoms. The number of aryl methyl sites for hydroxylation is 1. The van der Waals surface area contributed by atoms with Gasteiger partial charge in [-0.1, -0.05) is 48.0 Å². The Morgan fingerprint density at radius 1 is 0.872 bits per heavy atom. The van der Waals surface area contributed by atoms with Crippen molar-refractivity contribution in [3.8, 4) is 0 Å². The van der Waals surface area contributed by atoms with Crippen LogP contribution in [0.15, 0.2) is 93.5 Å². The van der Waals surface area contributed by atoms with Crippen LogP contribution in [0.4, 0.5) is 5.82 Å². The van der Waals surface area contributed by atoms with Gasteiger partial charge in [-0.25, -0.2) is 26.8 Å². The number of hydrogen-bond donors (Lipinski definition) is 1. The van der Waals surface area contributed by atoms with Crippen molar-refractivity contribution in [3.05, 3.63) is 84.4 Å². The fourth-order valence-corrected chi connectivity index (χ4v) is 7.52. The molecule has 11 heteroatoms. The first-order valence-corrected chi connectivity index (χ1v) is 15.5. The molecular formula is C28H26N4O5S2. The summed E-state index contributed by atoms with van der Waals surface area (Å²) >= 11 is 0. The minimum absolute atomic E-state index is 0.00341. The zero-order chi connectivity index (χ0) is 27.2. The third-order valence-electron chi connectivity index (χ3n) is 6.80. The van der Waals surface area contributed by atoms with E-state index in [-0.39, 0.29) is 44.3 Å². The molecule has 2 aromatic heterocycles. The van der Waals surface area contributed by atoms with E-state index in [9.17, 15) is 16.8 Å². The number of anilines is 1. The second-order valence-electron chi connectivity index (χ2n) is 9.54. The summed E-state index contributed by atoms with van der Waals surface area (Å²) < 4.78 is 65.7. The van der Waals surface area contributed by atoms with E-state index in [1.165, 1.54) is 24.3 Å². The van der Waals surface area contributed by atoms with Crippen molar-refractivity contribution in [2.24, 2.45) is 0 Å². The maximum absolute atomic E-state index is 14.2. The zero-order valence-electron chi connectivity index (χ0n) is 21.1. The molecule has 1 saturated heterocycles. The largest absolute Gasteiger partial charge is 0.376 e. The van der Waals surface area contributed by atoms with Gasteiger partial charge in [0, 0.05) is 6.61 Å². The van der Waals surface area contributed by atoms with E-state index >= 15 is 0 Å². The van der Waals surface area contributed by atoms with Gasteiger partial charge in [0.25, 0.3) is 10.0 Å². The van der Waals surface area contributed by atoms with Crippen molar-refractivity contribution in [1.82, 2.24) is 14.5 Å². The van der Waals surface area contributed by atoms with Crippen LogP contribution in [0, 0.1) is 6.92 Å². The van der Waals surface area contributed by atoms with Crippen LogP contribution in [0.1, 0.15) is 18.4 Å². The van der Waals surface area contributed by atoms with Crippen molar-refractivity contribution in [2.45, 2.75) is 47.1 Å². The number of nitrogens with zero attached hydrogens (tertiary/aromatic N) is 3. The molecule has 0 spiro atoms. The third kappa shape index (κ3) is 4.66. The normalized spacial score (nSPS) is 16.2. The molecule has 9 nitrogen and oxygen atoms in total. The van der Waals surface area contributed by atoms with E-state index in [4.69, 9.17) is 14.7 Å². The summed E-state index contributed by atoms with van der Waals surface area (Å²) in [6, 6.07) is 21.4. The van der Waals surface area contributed by atoms with Crippen molar-refractivity contribution in [2.75, 3.05) is 11.3 Å². The number of ether oxygens (including phenoxy) is 1. The second kappa shape index (κ2) is 9.74. The molecule has 0 unspecified atom stereocenters. The van der Waals surface area contributed by atoms with Crippen LogP contribution < -0.4 is 4.72 Å². The molecule has 3 aromatic carbocycles. The molecular weight excluding hydrogens is 536 g/mol. The molecule has 1 N–H and O–H groups in total. The Labute approximate surface area is 226 Å². The van der Waals surface area contributed by atoms with Gasteiger partial charge in [-0.05, 0) is 56.2 Å². The van der Waals surface area contributed by atoms with E-state index in [1.807, 2.05) is 13.0 Å². The van der Waals surface area contributed by atoms with E-state index in [1.54, 1.807) is 53.1 Å². The highest BCUT2D eigenvalue weighted by atomic mass is 32.2. The van der Waals surface area contributed by atoms with Gasteiger partial charge in [0.15, 0.2) is 5.65 Å². The van der Waals surface area contributed by atoms with Crippen LogP contribution >= 0.6 is 0 Å². The first kappa shape index (κ1) is 25.5. The van der Waals surface area contributed by atoms with Gasteiger partial charge >= 0.3 is 0 Å². The van der Waals surface area contributed by atoms with Gasteiger partial charge in [-0.15, -0.1) is 0 Å². The fraction of sp³-hybridized carbons (Fsp3) is 0.214. The smallest absolute Gasteiger partial charge is 0.263 e. The molecule has 3 heterocycles. The van der Waals surface area contributed by atoms with E-state index < -0.39 is 19.9 Å². The Kier molecular flexibility index (Phi) is 6.37. The number of aromatic nitrogens is 3. The Morgan fingerprint density at radius 2 is 1.54 bits per heavy atom. The van der Waals surface area contributed by atoms with E-state index in [2.05, 4.69) is 4.72 Å². The first-order chi connectivity index (χ1) is 18.7. The second-order valence-corrected chi connectivity index (χ2v) is 13.1. The number of nitrogens with one attached hydrogen (secondary N) is 1. The maximum atomic E-state index is 14.2. The number of fused-ring (bicyclic) bond motifs is 2. The number of sulfone groups is 1. The summed E-state index contributed by atoms with van der Waals surface area (Å²) in [5.74, 6) is -0.111. The molecule has 0 saturated carbocycles. The lowest BCUT2D eigenvalue weighted by Gasteiger charge is -2.17. The van der Waals surface area contributed by atoms with Crippen LogP contribution in [0.2, 0.25) is 0 Å². The van der Waals surface area contributed by atoms with Gasteiger partial charge in [-0.2, -0.15) is 0 Å². The predicted octanol–water partition coefficient (Wildman–Crippen LogP) is 4.71. The number of hydrogen-bond acceptors (Lipinski definition) is 7. The number of benzene rings is 3. The molecule has 1 aliphatic rings. The molecule has 200 valence electrons. The highest BCUT2D eigenvalue weighted by Crippen LogP contribution is 2.39. The van der Waals surface area contributed by atoms with Gasteiger partial charge < -0.3 is 9.30 Å². The average Bonchev–Trinajstić information content (AvgIpc) is 3.54. The fourth-order valence-electron chi connectivity index (χ4n) is 4.82. The highest BCUT2D eigenvalue weighted by Gasteiger charge is 2.34. The number of rotatable bonds is 7. The molecule has 1 atom stereocenters. The maximum Gasteiger partial charge on any atom is 0.263 e. The summed E-state index contributed by atoms with van der Waals surface area (Å²) in [6.07, 6.45) is 1.38. The number of sulfonamides is 1. The standard InChI is InChI=1S/C28H26N4O5S2/c1-19-13-15-21(16-14-19)38(33,34)26-25-27(30-24-12-6-5-11-23(24)29-25)32(18-20-8-7-17-37-20)28(26)31-39(35,36)22-9-3-2-4-10-22/h2-6,9-16,20,31H,7-8,17-18H2,1H3/t20-/m0/s1. The van der Waals surface area contributed by atoms with Gasteiger partial charge in [-0.3, -0.25) is 4.72 Å². The Bertz CT molecular complexity index is 1900. The molecule has 1 fully saturated rings. The van der Waals surface area contributed by atoms with Gasteiger partial charge in [0.2, 0.25) is 9.84 Å². The first-order valence-electron chi connectivity index (χ1n) is 12.5. The topological polar surface area (TPSA) is 120 Å². The quantitative estimate of drug-likeness (QED) is 0.305. The third-order valence-corrected chi connectivity index (χ3v) is 9.97. The molecule has 0 aliphatic carbocycles. The lowest BCUT2D eigenvalue weighted by atomic mass is 10.2. The molecule has 0 radical (unpaired) electrons. The summed E-state index contributed by atoms with van der Waals surface area (Å²) in [7, 11) is -8.41. The van der Waals surface area contributed by atoms with Crippen LogP contribution in [0.25, 0.3) is 22.2 Å². The molecule has 1 aliphatic heterocycles. The van der Waals surface area contributed by atoms with Crippen molar-refractivity contribution in [3.63, 3.8) is 0 Å². The summed E-state index contributed by atoms with van der Waals surface area (Å²) in [4.78, 5) is 9.27. The summed E-state index contributed by atoms with van der Waals surface area (Å²) in [5, 5.41) is 0. The van der Waals surface area contributed by atoms with Crippen LogP contribution in [-0.4, -0.2) is 44.1 Å². The van der Waals surface area contributed by atoms with Crippen molar-refractivity contribution in [1.29, 1.82) is 0 Å². The predicted molar refractivity (Wildman–Crippen MR) is 148 cm³/mol. The Morgan fingerprint density at radius 3 is 2.21 bits per heavy atom. The highest BCUT2D eigenvalue weighted by molar-refractivity contribution is 7.93. The van der Waals surface area contributed by atoms with E-state index in [0.29, 0.717) is 17.6 Å². The number of para-hydroxylation sites is 2. The van der Waals surface area contributed by atoms with Crippen molar-refractivity contribution < 1.29 is 21.6 Å². The Balaban J connectivity index is 1.67. The lowest BCUT2D eigenvalue weighted by Crippen LogP contribution is -2.21. The summed E-state index contributed by atoms with van der Waals surface area (Å²) in [6.45, 7) is 2.65. The summed E-state index contributed by atoms with van der Waals surface area (Å²) in [5.41, 5.74) is 2.31. The van der Waals surface area contributed by atoms with Gasteiger partial charge in [0.05, 0.1) is 33.5 Å². The molecule has 5 aromatic rings. The molecule has 0 amide bonds. The lowest BCUT2D eigenvalue weighted by molar-refractivity contribution is 0.0983. The Hall–Kier alpha value is -3.80. The van der Waals surface area contributed by atoms with Crippen LogP contribution in [-0.2, 0) is 31.1 Å². The van der Waals surface area contributed by atoms with Crippen LogP contribution in [0.3, 0.4) is 0 Å². The minimum Gasteiger partial charge on any atom is -0.376 e.